The normalized spacial score (nSPS) is 27.5. The summed E-state index contributed by atoms with van der Waals surface area (Å²) in [7, 11) is 0. The van der Waals surface area contributed by atoms with Crippen LogP contribution in [0, 0.1) is 0 Å². The molecule has 1 fully saturated rings. The molecule has 2 aliphatic carbocycles. The molecule has 0 heterocycles. The van der Waals surface area contributed by atoms with Gasteiger partial charge in [-0.15, -0.1) is 0 Å². The molecule has 1 amide bonds. The van der Waals surface area contributed by atoms with E-state index in [-0.39, 0.29) is 11.7 Å². The summed E-state index contributed by atoms with van der Waals surface area (Å²) in [6, 6.07) is 3.69. The summed E-state index contributed by atoms with van der Waals surface area (Å²) in [5.41, 5.74) is 8.37. The number of aliphatic hydroxyl groups excluding tert-OH is 1. The van der Waals surface area contributed by atoms with Gasteiger partial charge >= 0.3 is 0 Å². The zero-order valence-corrected chi connectivity index (χ0v) is 12.8. The van der Waals surface area contributed by atoms with Crippen molar-refractivity contribution in [1.29, 1.82) is 0 Å². The predicted molar refractivity (Wildman–Crippen MR) is 83.4 cm³/mol. The first-order valence-corrected chi connectivity index (χ1v) is 8.07. The largest absolute Gasteiger partial charge is 0.508 e. The molecule has 1 aromatic rings. The number of hydrogen-bond donors (Lipinski definition) is 4. The molecule has 0 radical (unpaired) electrons. The Morgan fingerprint density at radius 3 is 2.86 bits per heavy atom. The maximum atomic E-state index is 12.3. The number of phenols is 1. The molecule has 5 N–H and O–H groups in total. The van der Waals surface area contributed by atoms with E-state index in [0.717, 1.165) is 24.8 Å². The zero-order valence-electron chi connectivity index (χ0n) is 12.8. The number of carbonyl (C=O) groups excluding carboxylic acids is 1. The predicted octanol–water partition coefficient (Wildman–Crippen LogP) is 1.13. The van der Waals surface area contributed by atoms with E-state index < -0.39 is 11.6 Å². The molecular weight excluding hydrogens is 280 g/mol. The molecule has 0 saturated heterocycles. The number of nitrogens with one attached hydrogen (secondary N) is 1. The molecule has 2 unspecified atom stereocenters. The van der Waals surface area contributed by atoms with E-state index in [9.17, 15) is 15.0 Å². The van der Waals surface area contributed by atoms with E-state index in [1.807, 2.05) is 6.07 Å². The van der Waals surface area contributed by atoms with Crippen LogP contribution in [-0.2, 0) is 24.2 Å². The first kappa shape index (κ1) is 15.3. The second kappa shape index (κ2) is 5.89. The first-order chi connectivity index (χ1) is 10.5. The lowest BCUT2D eigenvalue weighted by Crippen LogP contribution is -2.52. The SMILES string of the molecule is NC1(C(=O)NCc2c(O)ccc3c2CCCC3)CCC(O)C1. The highest BCUT2D eigenvalue weighted by Gasteiger charge is 2.41. The Bertz CT molecular complexity index is 588. The van der Waals surface area contributed by atoms with E-state index in [2.05, 4.69) is 5.32 Å². The molecule has 0 bridgehead atoms. The third kappa shape index (κ3) is 2.83. The van der Waals surface area contributed by atoms with Crippen LogP contribution in [-0.4, -0.2) is 27.8 Å². The van der Waals surface area contributed by atoms with Gasteiger partial charge in [0.1, 0.15) is 5.75 Å². The monoisotopic (exact) mass is 304 g/mol. The quantitative estimate of drug-likeness (QED) is 0.673. The van der Waals surface area contributed by atoms with Crippen molar-refractivity contribution < 1.29 is 15.0 Å². The number of nitrogens with two attached hydrogens (primary N) is 1. The highest BCUT2D eigenvalue weighted by Crippen LogP contribution is 2.31. The highest BCUT2D eigenvalue weighted by atomic mass is 16.3. The number of benzene rings is 1. The third-order valence-corrected chi connectivity index (χ3v) is 5.03. The van der Waals surface area contributed by atoms with Crippen molar-refractivity contribution in [2.75, 3.05) is 0 Å². The van der Waals surface area contributed by atoms with Crippen LogP contribution >= 0.6 is 0 Å². The van der Waals surface area contributed by atoms with Gasteiger partial charge in [0.05, 0.1) is 11.6 Å². The topological polar surface area (TPSA) is 95.6 Å². The number of carbonyl (C=O) groups is 1. The number of aromatic hydroxyl groups is 1. The summed E-state index contributed by atoms with van der Waals surface area (Å²) < 4.78 is 0. The summed E-state index contributed by atoms with van der Waals surface area (Å²) in [4.78, 5) is 12.3. The minimum absolute atomic E-state index is 0.235. The van der Waals surface area contributed by atoms with Crippen molar-refractivity contribution in [3.05, 3.63) is 28.8 Å². The van der Waals surface area contributed by atoms with Crippen LogP contribution in [0.4, 0.5) is 0 Å². The van der Waals surface area contributed by atoms with Gasteiger partial charge in [-0.25, -0.2) is 0 Å². The number of aliphatic hydroxyl groups is 1. The van der Waals surface area contributed by atoms with Crippen molar-refractivity contribution in [2.45, 2.75) is 63.1 Å². The van der Waals surface area contributed by atoms with Crippen molar-refractivity contribution in [3.63, 3.8) is 0 Å². The number of hydrogen-bond acceptors (Lipinski definition) is 4. The van der Waals surface area contributed by atoms with Gasteiger partial charge in [-0.05, 0) is 55.7 Å². The smallest absolute Gasteiger partial charge is 0.240 e. The van der Waals surface area contributed by atoms with Crippen LogP contribution in [0.25, 0.3) is 0 Å². The lowest BCUT2D eigenvalue weighted by atomic mass is 9.87. The molecule has 1 saturated carbocycles. The molecule has 5 heteroatoms. The average Bonchev–Trinajstić information content (AvgIpc) is 2.86. The van der Waals surface area contributed by atoms with E-state index in [4.69, 9.17) is 5.73 Å². The number of phenolic OH excluding ortho intramolecular Hbond substituents is 1. The molecule has 0 aliphatic heterocycles. The molecule has 0 spiro atoms. The number of aryl methyl sites for hydroxylation is 1. The Balaban J connectivity index is 1.73. The van der Waals surface area contributed by atoms with Crippen molar-refractivity contribution in [2.24, 2.45) is 5.73 Å². The number of fused-ring (bicyclic) bond motifs is 1. The number of rotatable bonds is 3. The second-order valence-electron chi connectivity index (χ2n) is 6.64. The standard InChI is InChI=1S/C17H24N2O3/c18-17(8-7-12(20)9-17)16(22)19-10-14-13-4-2-1-3-11(13)5-6-15(14)21/h5-6,12,20-21H,1-4,7-10,18H2,(H,19,22). The summed E-state index contributed by atoms with van der Waals surface area (Å²) in [6.07, 6.45) is 5.14. The Morgan fingerprint density at radius 1 is 1.36 bits per heavy atom. The molecule has 2 atom stereocenters. The molecular formula is C17H24N2O3. The molecule has 1 aromatic carbocycles. The average molecular weight is 304 g/mol. The van der Waals surface area contributed by atoms with Gasteiger partial charge in [0.25, 0.3) is 0 Å². The zero-order chi connectivity index (χ0) is 15.7. The Hall–Kier alpha value is -1.59. The third-order valence-electron chi connectivity index (χ3n) is 5.03. The molecule has 2 aliphatic rings. The Labute approximate surface area is 130 Å². The lowest BCUT2D eigenvalue weighted by Gasteiger charge is -2.24. The first-order valence-electron chi connectivity index (χ1n) is 8.07. The minimum Gasteiger partial charge on any atom is -0.508 e. The fourth-order valence-corrected chi connectivity index (χ4v) is 3.69. The van der Waals surface area contributed by atoms with Crippen LogP contribution < -0.4 is 11.1 Å². The molecule has 120 valence electrons. The van der Waals surface area contributed by atoms with Crippen LogP contribution in [0.15, 0.2) is 12.1 Å². The van der Waals surface area contributed by atoms with E-state index in [1.165, 1.54) is 17.5 Å². The second-order valence-corrected chi connectivity index (χ2v) is 6.64. The molecule has 0 aromatic heterocycles. The van der Waals surface area contributed by atoms with E-state index in [0.29, 0.717) is 25.8 Å². The van der Waals surface area contributed by atoms with Gasteiger partial charge in [-0.3, -0.25) is 4.79 Å². The summed E-state index contributed by atoms with van der Waals surface area (Å²) in [5.74, 6) is -0.00431. The maximum absolute atomic E-state index is 12.3. The van der Waals surface area contributed by atoms with Gasteiger partial charge in [-0.2, -0.15) is 0 Å². The molecule has 3 rings (SSSR count). The van der Waals surface area contributed by atoms with Crippen molar-refractivity contribution >= 4 is 5.91 Å². The maximum Gasteiger partial charge on any atom is 0.240 e. The van der Waals surface area contributed by atoms with Gasteiger partial charge in [-0.1, -0.05) is 6.07 Å². The van der Waals surface area contributed by atoms with Crippen molar-refractivity contribution in [1.82, 2.24) is 5.32 Å². The minimum atomic E-state index is -0.982. The van der Waals surface area contributed by atoms with Crippen LogP contribution in [0.3, 0.4) is 0 Å². The summed E-state index contributed by atoms with van der Waals surface area (Å²) >= 11 is 0. The Morgan fingerprint density at radius 2 is 2.14 bits per heavy atom. The molecule has 5 nitrogen and oxygen atoms in total. The van der Waals surface area contributed by atoms with Gasteiger partial charge in [0.2, 0.25) is 5.91 Å². The lowest BCUT2D eigenvalue weighted by molar-refractivity contribution is -0.126. The van der Waals surface area contributed by atoms with E-state index in [1.54, 1.807) is 6.07 Å². The van der Waals surface area contributed by atoms with Crippen LogP contribution in [0.2, 0.25) is 0 Å². The molecule has 22 heavy (non-hydrogen) atoms. The fourth-order valence-electron chi connectivity index (χ4n) is 3.69. The summed E-state index contributed by atoms with van der Waals surface area (Å²) in [5, 5.41) is 22.6. The van der Waals surface area contributed by atoms with Crippen LogP contribution in [0.5, 0.6) is 5.75 Å². The van der Waals surface area contributed by atoms with Crippen molar-refractivity contribution in [3.8, 4) is 5.75 Å². The van der Waals surface area contributed by atoms with Gasteiger partial charge in [0.15, 0.2) is 0 Å². The fraction of sp³-hybridized carbons (Fsp3) is 0.588. The summed E-state index contributed by atoms with van der Waals surface area (Å²) in [6.45, 7) is 0.295. The Kier molecular flexibility index (Phi) is 4.10. The van der Waals surface area contributed by atoms with Crippen LogP contribution in [0.1, 0.15) is 48.8 Å². The van der Waals surface area contributed by atoms with Gasteiger partial charge in [0, 0.05) is 18.5 Å². The highest BCUT2D eigenvalue weighted by molar-refractivity contribution is 5.86. The van der Waals surface area contributed by atoms with Gasteiger partial charge < -0.3 is 21.3 Å². The number of amides is 1. The van der Waals surface area contributed by atoms with E-state index >= 15 is 0 Å².